The molecular formula is C15H27NO3. The second-order valence-corrected chi connectivity index (χ2v) is 5.54. The van der Waals surface area contributed by atoms with Crippen LogP contribution in [0.4, 0.5) is 0 Å². The first kappa shape index (κ1) is 16.0. The Morgan fingerprint density at radius 2 is 1.58 bits per heavy atom. The Morgan fingerprint density at radius 3 is 2.26 bits per heavy atom. The van der Waals surface area contributed by atoms with Crippen LogP contribution in [0.25, 0.3) is 0 Å². The highest BCUT2D eigenvalue weighted by Gasteiger charge is 2.20. The molecule has 0 spiro atoms. The second-order valence-electron chi connectivity index (χ2n) is 5.54. The molecule has 0 atom stereocenters. The predicted octanol–water partition coefficient (Wildman–Crippen LogP) is 3.11. The highest BCUT2D eigenvalue weighted by Crippen LogP contribution is 2.23. The number of hydrogen-bond donors (Lipinski definition) is 2. The van der Waals surface area contributed by atoms with E-state index in [0.717, 1.165) is 51.5 Å². The zero-order chi connectivity index (χ0) is 13.9. The van der Waals surface area contributed by atoms with Gasteiger partial charge in [-0.2, -0.15) is 0 Å². The van der Waals surface area contributed by atoms with Crippen LogP contribution in [-0.2, 0) is 9.59 Å². The van der Waals surface area contributed by atoms with Gasteiger partial charge in [0.05, 0.1) is 0 Å². The van der Waals surface area contributed by atoms with E-state index in [1.807, 2.05) is 0 Å². The molecule has 0 heterocycles. The lowest BCUT2D eigenvalue weighted by Gasteiger charge is -2.20. The summed E-state index contributed by atoms with van der Waals surface area (Å²) in [7, 11) is 0. The van der Waals surface area contributed by atoms with Crippen molar-refractivity contribution in [3.05, 3.63) is 0 Å². The summed E-state index contributed by atoms with van der Waals surface area (Å²) in [6.07, 6.45) is 10.9. The van der Waals surface area contributed by atoms with Crippen LogP contribution in [0.2, 0.25) is 0 Å². The van der Waals surface area contributed by atoms with E-state index in [-0.39, 0.29) is 18.2 Å². The SMILES string of the molecule is O=C(O)CCCCCCCNC(=O)C1CCCCC1. The van der Waals surface area contributed by atoms with Crippen LogP contribution in [0.1, 0.15) is 70.6 Å². The fraction of sp³-hybridized carbons (Fsp3) is 0.867. The van der Waals surface area contributed by atoms with E-state index in [1.54, 1.807) is 0 Å². The number of carboxylic acid groups (broad SMARTS) is 1. The van der Waals surface area contributed by atoms with Gasteiger partial charge < -0.3 is 10.4 Å². The van der Waals surface area contributed by atoms with Gasteiger partial charge in [0, 0.05) is 18.9 Å². The topological polar surface area (TPSA) is 66.4 Å². The molecule has 0 radical (unpaired) electrons. The Bertz CT molecular complexity index is 273. The third kappa shape index (κ3) is 7.85. The summed E-state index contributed by atoms with van der Waals surface area (Å²) in [5, 5.41) is 11.5. The van der Waals surface area contributed by atoms with E-state index in [0.29, 0.717) is 0 Å². The molecule has 0 aromatic carbocycles. The van der Waals surface area contributed by atoms with Crippen molar-refractivity contribution in [3.63, 3.8) is 0 Å². The van der Waals surface area contributed by atoms with Crippen molar-refractivity contribution >= 4 is 11.9 Å². The molecule has 0 saturated heterocycles. The van der Waals surface area contributed by atoms with Gasteiger partial charge in [0.15, 0.2) is 0 Å². The maximum absolute atomic E-state index is 11.8. The van der Waals surface area contributed by atoms with Gasteiger partial charge in [-0.3, -0.25) is 9.59 Å². The first-order valence-corrected chi connectivity index (χ1v) is 7.69. The Labute approximate surface area is 116 Å². The van der Waals surface area contributed by atoms with E-state index in [2.05, 4.69) is 5.32 Å². The number of nitrogens with one attached hydrogen (secondary N) is 1. The predicted molar refractivity (Wildman–Crippen MR) is 74.9 cm³/mol. The molecule has 1 aliphatic carbocycles. The molecule has 0 unspecified atom stereocenters. The molecule has 1 saturated carbocycles. The molecule has 0 aromatic rings. The van der Waals surface area contributed by atoms with Crippen molar-refractivity contribution in [2.24, 2.45) is 5.92 Å². The molecule has 1 fully saturated rings. The Balaban J connectivity index is 1.89. The third-order valence-corrected chi connectivity index (χ3v) is 3.84. The molecule has 1 aliphatic rings. The lowest BCUT2D eigenvalue weighted by atomic mass is 9.88. The Kier molecular flexibility index (Phi) is 8.26. The van der Waals surface area contributed by atoms with E-state index < -0.39 is 5.97 Å². The first-order chi connectivity index (χ1) is 9.20. The lowest BCUT2D eigenvalue weighted by Crippen LogP contribution is -2.32. The maximum atomic E-state index is 11.8. The summed E-state index contributed by atoms with van der Waals surface area (Å²) >= 11 is 0. The zero-order valence-corrected chi connectivity index (χ0v) is 11.8. The Hall–Kier alpha value is -1.06. The van der Waals surface area contributed by atoms with E-state index in [9.17, 15) is 9.59 Å². The van der Waals surface area contributed by atoms with Gasteiger partial charge in [-0.25, -0.2) is 0 Å². The standard InChI is InChI=1S/C15H27NO3/c17-14(18)11-7-2-1-3-8-12-16-15(19)13-9-5-4-6-10-13/h13H,1-12H2,(H,16,19)(H,17,18). The van der Waals surface area contributed by atoms with Gasteiger partial charge >= 0.3 is 5.97 Å². The van der Waals surface area contributed by atoms with Crippen molar-refractivity contribution in [3.8, 4) is 0 Å². The maximum Gasteiger partial charge on any atom is 0.303 e. The number of rotatable bonds is 9. The average molecular weight is 269 g/mol. The van der Waals surface area contributed by atoms with Crippen molar-refractivity contribution in [2.75, 3.05) is 6.54 Å². The Morgan fingerprint density at radius 1 is 0.947 bits per heavy atom. The quantitative estimate of drug-likeness (QED) is 0.632. The molecule has 0 aromatic heterocycles. The summed E-state index contributed by atoms with van der Waals surface area (Å²) in [6, 6.07) is 0. The summed E-state index contributed by atoms with van der Waals surface area (Å²) in [5.74, 6) is -0.213. The molecule has 1 amide bonds. The van der Waals surface area contributed by atoms with Crippen molar-refractivity contribution < 1.29 is 14.7 Å². The van der Waals surface area contributed by atoms with Crippen LogP contribution < -0.4 is 5.32 Å². The summed E-state index contributed by atoms with van der Waals surface area (Å²) in [5.41, 5.74) is 0. The molecule has 0 bridgehead atoms. The van der Waals surface area contributed by atoms with Crippen LogP contribution in [0.5, 0.6) is 0 Å². The number of hydrogen-bond acceptors (Lipinski definition) is 2. The van der Waals surface area contributed by atoms with Crippen molar-refractivity contribution in [1.29, 1.82) is 0 Å². The fourth-order valence-electron chi connectivity index (χ4n) is 2.65. The smallest absolute Gasteiger partial charge is 0.303 e. The summed E-state index contributed by atoms with van der Waals surface area (Å²) in [6.45, 7) is 0.772. The third-order valence-electron chi connectivity index (χ3n) is 3.84. The molecule has 4 heteroatoms. The van der Waals surface area contributed by atoms with E-state index >= 15 is 0 Å². The van der Waals surface area contributed by atoms with Crippen LogP contribution in [0.15, 0.2) is 0 Å². The van der Waals surface area contributed by atoms with Gasteiger partial charge in [0.2, 0.25) is 5.91 Å². The minimum absolute atomic E-state index is 0.241. The van der Waals surface area contributed by atoms with Gasteiger partial charge in [0.1, 0.15) is 0 Å². The lowest BCUT2D eigenvalue weighted by molar-refractivity contribution is -0.137. The highest BCUT2D eigenvalue weighted by molar-refractivity contribution is 5.78. The normalized spacial score (nSPS) is 16.2. The molecule has 19 heavy (non-hydrogen) atoms. The second kappa shape index (κ2) is 9.82. The molecule has 4 nitrogen and oxygen atoms in total. The number of unbranched alkanes of at least 4 members (excludes halogenated alkanes) is 4. The van der Waals surface area contributed by atoms with Crippen molar-refractivity contribution in [2.45, 2.75) is 70.6 Å². The van der Waals surface area contributed by atoms with Crippen LogP contribution in [0, 0.1) is 5.92 Å². The fourth-order valence-corrected chi connectivity index (χ4v) is 2.65. The van der Waals surface area contributed by atoms with Gasteiger partial charge in [-0.1, -0.05) is 38.5 Å². The molecule has 0 aliphatic heterocycles. The number of carbonyl (C=O) groups is 2. The number of amides is 1. The number of aliphatic carboxylic acids is 1. The van der Waals surface area contributed by atoms with Gasteiger partial charge in [-0.15, -0.1) is 0 Å². The van der Waals surface area contributed by atoms with Crippen LogP contribution >= 0.6 is 0 Å². The molecular weight excluding hydrogens is 242 g/mol. The molecule has 110 valence electrons. The minimum atomic E-state index is -0.709. The van der Waals surface area contributed by atoms with E-state index in [1.165, 1.54) is 19.3 Å². The zero-order valence-electron chi connectivity index (χ0n) is 11.8. The van der Waals surface area contributed by atoms with Crippen LogP contribution in [0.3, 0.4) is 0 Å². The van der Waals surface area contributed by atoms with Crippen LogP contribution in [-0.4, -0.2) is 23.5 Å². The summed E-state index contributed by atoms with van der Waals surface area (Å²) in [4.78, 5) is 22.1. The van der Waals surface area contributed by atoms with Crippen molar-refractivity contribution in [1.82, 2.24) is 5.32 Å². The molecule has 1 rings (SSSR count). The number of carbonyl (C=O) groups excluding carboxylic acids is 1. The summed E-state index contributed by atoms with van der Waals surface area (Å²) < 4.78 is 0. The first-order valence-electron chi connectivity index (χ1n) is 7.69. The number of carboxylic acids is 1. The van der Waals surface area contributed by atoms with Gasteiger partial charge in [-0.05, 0) is 25.7 Å². The largest absolute Gasteiger partial charge is 0.481 e. The van der Waals surface area contributed by atoms with E-state index in [4.69, 9.17) is 5.11 Å². The van der Waals surface area contributed by atoms with Gasteiger partial charge in [0.25, 0.3) is 0 Å². The monoisotopic (exact) mass is 269 g/mol. The highest BCUT2D eigenvalue weighted by atomic mass is 16.4. The minimum Gasteiger partial charge on any atom is -0.481 e. The average Bonchev–Trinajstić information content (AvgIpc) is 2.42. The molecule has 2 N–H and O–H groups in total.